The van der Waals surface area contributed by atoms with Crippen LogP contribution in [-0.4, -0.2) is 40.3 Å². The Labute approximate surface area is 174 Å². The average Bonchev–Trinajstić information content (AvgIpc) is 3.03. The third-order valence-electron chi connectivity index (χ3n) is 5.12. The van der Waals surface area contributed by atoms with E-state index in [-0.39, 0.29) is 17.4 Å². The van der Waals surface area contributed by atoms with Gasteiger partial charge in [-0.1, -0.05) is 42.5 Å². The van der Waals surface area contributed by atoms with Gasteiger partial charge in [0.1, 0.15) is 23.0 Å². The van der Waals surface area contributed by atoms with E-state index in [0.29, 0.717) is 23.3 Å². The van der Waals surface area contributed by atoms with Crippen LogP contribution in [0.5, 0.6) is 0 Å². The second-order valence-corrected chi connectivity index (χ2v) is 7.27. The number of esters is 1. The van der Waals surface area contributed by atoms with E-state index in [9.17, 15) is 4.79 Å². The Balaban J connectivity index is 1.93. The number of nitrogens with zero attached hydrogens (tertiary/aromatic N) is 3. The number of carbonyl (C=O) groups is 1. The zero-order valence-corrected chi connectivity index (χ0v) is 17.2. The maximum absolute atomic E-state index is 13.0. The van der Waals surface area contributed by atoms with Gasteiger partial charge in [-0.3, -0.25) is 0 Å². The summed E-state index contributed by atoms with van der Waals surface area (Å²) < 4.78 is 12.5. The van der Waals surface area contributed by atoms with E-state index in [0.717, 1.165) is 11.1 Å². The van der Waals surface area contributed by atoms with Crippen molar-refractivity contribution in [2.45, 2.75) is 26.0 Å². The first-order valence-electron chi connectivity index (χ1n) is 9.82. The molecule has 0 aliphatic heterocycles. The summed E-state index contributed by atoms with van der Waals surface area (Å²) >= 11 is 0. The molecule has 2 aromatic heterocycles. The van der Waals surface area contributed by atoms with E-state index >= 15 is 0 Å². The molecule has 0 saturated heterocycles. The van der Waals surface area contributed by atoms with Gasteiger partial charge in [-0.2, -0.15) is 0 Å². The molecule has 4 rings (SSSR count). The second kappa shape index (κ2) is 8.12. The van der Waals surface area contributed by atoms with Gasteiger partial charge in [0.15, 0.2) is 5.65 Å². The number of ether oxygens (including phenoxy) is 2. The number of nitrogens with two attached hydrogens (primary N) is 1. The number of anilines is 1. The van der Waals surface area contributed by atoms with Gasteiger partial charge in [0.05, 0.1) is 23.7 Å². The molecule has 2 heterocycles. The largest absolute Gasteiger partial charge is 0.456 e. The predicted molar refractivity (Wildman–Crippen MR) is 116 cm³/mol. The Morgan fingerprint density at radius 1 is 1.03 bits per heavy atom. The van der Waals surface area contributed by atoms with Crippen LogP contribution in [0.15, 0.2) is 54.6 Å². The highest BCUT2D eigenvalue weighted by Gasteiger charge is 2.28. The van der Waals surface area contributed by atoms with Crippen LogP contribution in [0.25, 0.3) is 22.2 Å². The highest BCUT2D eigenvalue weighted by atomic mass is 16.6. The molecule has 7 heteroatoms. The fourth-order valence-corrected chi connectivity index (χ4v) is 3.67. The molecule has 30 heavy (non-hydrogen) atoms. The molecule has 7 nitrogen and oxygen atoms in total. The van der Waals surface area contributed by atoms with Crippen molar-refractivity contribution >= 4 is 34.0 Å². The monoisotopic (exact) mass is 404 g/mol. The van der Waals surface area contributed by atoms with Gasteiger partial charge in [-0.05, 0) is 31.5 Å². The maximum Gasteiger partial charge on any atom is 0.344 e. The Morgan fingerprint density at radius 3 is 2.33 bits per heavy atom. The molecule has 0 fully saturated rings. The third kappa shape index (κ3) is 3.48. The number of methoxy groups -OCH3 is 1. The maximum atomic E-state index is 13.0. The van der Waals surface area contributed by atoms with Crippen LogP contribution in [0, 0.1) is 0 Å². The van der Waals surface area contributed by atoms with Crippen molar-refractivity contribution in [3.05, 3.63) is 65.7 Å². The van der Waals surface area contributed by atoms with Crippen LogP contribution in [0.3, 0.4) is 0 Å². The SMILES string of the molecule is COC[C@@H](C)OC(=O)c1c(N)n([C@@H](C)c2ccccc2)c2nc3ccccc3nc12. The minimum absolute atomic E-state index is 0.151. The minimum atomic E-state index is -0.536. The van der Waals surface area contributed by atoms with Gasteiger partial charge in [-0.15, -0.1) is 0 Å². The standard InChI is InChI=1S/C23H24N4O3/c1-14(13-29-3)30-23(28)19-20-22(26-18-12-8-7-11-17(18)25-20)27(21(19)24)15(2)16-9-5-4-6-10-16/h4-12,14-15H,13,24H2,1-3H3/t14-,15+/m1/s1. The van der Waals surface area contributed by atoms with Crippen molar-refractivity contribution in [2.24, 2.45) is 0 Å². The van der Waals surface area contributed by atoms with Crippen LogP contribution in [0.1, 0.15) is 35.8 Å². The quantitative estimate of drug-likeness (QED) is 0.489. The molecular formula is C23H24N4O3. The lowest BCUT2D eigenvalue weighted by Gasteiger charge is -2.17. The topological polar surface area (TPSA) is 92.3 Å². The van der Waals surface area contributed by atoms with Crippen molar-refractivity contribution in [1.29, 1.82) is 0 Å². The Kier molecular flexibility index (Phi) is 5.37. The first-order valence-corrected chi connectivity index (χ1v) is 9.82. The number of hydrogen-bond donors (Lipinski definition) is 1. The molecule has 0 bridgehead atoms. The summed E-state index contributed by atoms with van der Waals surface area (Å²) in [5.41, 5.74) is 10.2. The number of aromatic nitrogens is 3. The first kappa shape index (κ1) is 19.8. The molecule has 0 radical (unpaired) electrons. The zero-order chi connectivity index (χ0) is 21.3. The second-order valence-electron chi connectivity index (χ2n) is 7.27. The summed E-state index contributed by atoms with van der Waals surface area (Å²) in [7, 11) is 1.56. The fourth-order valence-electron chi connectivity index (χ4n) is 3.67. The summed E-state index contributed by atoms with van der Waals surface area (Å²) in [6.07, 6.45) is -0.416. The number of fused-ring (bicyclic) bond motifs is 2. The highest BCUT2D eigenvalue weighted by molar-refractivity contribution is 6.08. The molecule has 0 aliphatic carbocycles. The van der Waals surface area contributed by atoms with E-state index in [1.54, 1.807) is 14.0 Å². The predicted octanol–water partition coefficient (Wildman–Crippen LogP) is 3.97. The molecule has 2 N–H and O–H groups in total. The highest BCUT2D eigenvalue weighted by Crippen LogP contribution is 2.33. The molecule has 0 aliphatic rings. The van der Waals surface area contributed by atoms with Gasteiger partial charge in [0.25, 0.3) is 0 Å². The number of carbonyl (C=O) groups excluding carboxylic acids is 1. The zero-order valence-electron chi connectivity index (χ0n) is 17.2. The molecule has 0 spiro atoms. The van der Waals surface area contributed by atoms with Gasteiger partial charge >= 0.3 is 5.97 Å². The van der Waals surface area contributed by atoms with Crippen LogP contribution < -0.4 is 5.73 Å². The lowest BCUT2D eigenvalue weighted by atomic mass is 10.1. The molecule has 154 valence electrons. The molecule has 4 aromatic rings. The molecule has 2 atom stereocenters. The molecule has 0 amide bonds. The lowest BCUT2D eigenvalue weighted by Crippen LogP contribution is -2.20. The van der Waals surface area contributed by atoms with Crippen molar-refractivity contribution in [1.82, 2.24) is 14.5 Å². The van der Waals surface area contributed by atoms with Gasteiger partial charge in [0.2, 0.25) is 0 Å². The average molecular weight is 404 g/mol. The van der Waals surface area contributed by atoms with E-state index in [1.165, 1.54) is 0 Å². The lowest BCUT2D eigenvalue weighted by molar-refractivity contribution is 0.0123. The summed E-state index contributed by atoms with van der Waals surface area (Å²) in [6.45, 7) is 4.08. The number of para-hydroxylation sites is 2. The van der Waals surface area contributed by atoms with Crippen molar-refractivity contribution < 1.29 is 14.3 Å². The van der Waals surface area contributed by atoms with E-state index in [1.807, 2.05) is 66.1 Å². The van der Waals surface area contributed by atoms with E-state index in [4.69, 9.17) is 25.2 Å². The smallest absolute Gasteiger partial charge is 0.344 e. The molecular weight excluding hydrogens is 380 g/mol. The molecule has 2 aromatic carbocycles. The van der Waals surface area contributed by atoms with E-state index < -0.39 is 12.1 Å². The normalized spacial score (nSPS) is 13.4. The number of benzene rings is 2. The number of hydrogen-bond acceptors (Lipinski definition) is 6. The molecule has 0 saturated carbocycles. The summed E-state index contributed by atoms with van der Waals surface area (Å²) in [5, 5.41) is 0. The summed E-state index contributed by atoms with van der Waals surface area (Å²) in [4.78, 5) is 22.5. The summed E-state index contributed by atoms with van der Waals surface area (Å²) in [5.74, 6) is -0.253. The van der Waals surface area contributed by atoms with Crippen LogP contribution in [0.2, 0.25) is 0 Å². The van der Waals surface area contributed by atoms with E-state index in [2.05, 4.69) is 0 Å². The van der Waals surface area contributed by atoms with Crippen LogP contribution in [-0.2, 0) is 9.47 Å². The van der Waals surface area contributed by atoms with Crippen molar-refractivity contribution in [3.63, 3.8) is 0 Å². The number of rotatable bonds is 6. The Bertz CT molecular complexity index is 1200. The molecule has 0 unspecified atom stereocenters. The van der Waals surface area contributed by atoms with Crippen molar-refractivity contribution in [2.75, 3.05) is 19.5 Å². The van der Waals surface area contributed by atoms with Crippen LogP contribution >= 0.6 is 0 Å². The Hall–Kier alpha value is -3.45. The van der Waals surface area contributed by atoms with Crippen LogP contribution in [0.4, 0.5) is 5.82 Å². The van der Waals surface area contributed by atoms with Gasteiger partial charge in [-0.25, -0.2) is 14.8 Å². The third-order valence-corrected chi connectivity index (χ3v) is 5.12. The Morgan fingerprint density at radius 2 is 1.67 bits per heavy atom. The van der Waals surface area contributed by atoms with Gasteiger partial charge in [0, 0.05) is 7.11 Å². The number of nitrogen functional groups attached to an aromatic ring is 1. The minimum Gasteiger partial charge on any atom is -0.456 e. The summed E-state index contributed by atoms with van der Waals surface area (Å²) in [6, 6.07) is 17.3. The fraction of sp³-hybridized carbons (Fsp3) is 0.261. The van der Waals surface area contributed by atoms with Crippen molar-refractivity contribution in [3.8, 4) is 0 Å². The van der Waals surface area contributed by atoms with Gasteiger partial charge < -0.3 is 19.8 Å². The first-order chi connectivity index (χ1) is 14.5.